The molecule has 6 heteroatoms. The molecule has 1 aromatic heterocycles. The number of carbonyl (C=O) groups is 1. The summed E-state index contributed by atoms with van der Waals surface area (Å²) in [6.07, 6.45) is 2.41. The Morgan fingerprint density at radius 2 is 2.17 bits per heavy atom. The van der Waals surface area contributed by atoms with E-state index in [2.05, 4.69) is 27.2 Å². The Kier molecular flexibility index (Phi) is 6.11. The molecule has 2 aromatic rings. The molecule has 0 saturated carbocycles. The van der Waals surface area contributed by atoms with Crippen LogP contribution in [0.15, 0.2) is 43.0 Å². The first-order valence-electron chi connectivity index (χ1n) is 7.31. The Morgan fingerprint density at radius 3 is 2.91 bits per heavy atom. The lowest BCUT2D eigenvalue weighted by atomic mass is 10.1. The normalized spacial score (nSPS) is 10.2. The number of aromatic nitrogens is 2. The summed E-state index contributed by atoms with van der Waals surface area (Å²) in [5, 5.41) is 6.53. The predicted molar refractivity (Wildman–Crippen MR) is 92.9 cm³/mol. The van der Waals surface area contributed by atoms with Gasteiger partial charge in [0, 0.05) is 23.8 Å². The van der Waals surface area contributed by atoms with Crippen LogP contribution in [0.4, 0.5) is 5.95 Å². The van der Waals surface area contributed by atoms with E-state index >= 15 is 0 Å². The average Bonchev–Trinajstić information content (AvgIpc) is 2.52. The van der Waals surface area contributed by atoms with E-state index in [4.69, 9.17) is 11.6 Å². The largest absolute Gasteiger partial charge is 0.351 e. The third-order valence-electron chi connectivity index (χ3n) is 3.08. The fourth-order valence-corrected chi connectivity index (χ4v) is 2.24. The van der Waals surface area contributed by atoms with Crippen LogP contribution in [0.1, 0.15) is 21.7 Å². The van der Waals surface area contributed by atoms with Crippen LogP contribution in [-0.2, 0) is 6.42 Å². The van der Waals surface area contributed by atoms with Gasteiger partial charge >= 0.3 is 0 Å². The second kappa shape index (κ2) is 8.29. The zero-order chi connectivity index (χ0) is 16.7. The highest BCUT2D eigenvalue weighted by Gasteiger charge is 2.10. The Labute approximate surface area is 140 Å². The molecule has 1 aromatic carbocycles. The number of halogens is 1. The standard InChI is InChI=1S/C17H19ClN4O/c1-3-8-20-17-21-12(2)10-15(22-17)16(23)19-9-7-13-5-4-6-14(18)11-13/h3-6,10-11H,1,7-9H2,2H3,(H,19,23)(H,20,21,22). The molecule has 0 fully saturated rings. The maximum absolute atomic E-state index is 12.2. The van der Waals surface area contributed by atoms with Crippen molar-refractivity contribution >= 4 is 23.5 Å². The number of hydrogen-bond acceptors (Lipinski definition) is 4. The van der Waals surface area contributed by atoms with E-state index < -0.39 is 0 Å². The van der Waals surface area contributed by atoms with Gasteiger partial charge in [0.15, 0.2) is 0 Å². The summed E-state index contributed by atoms with van der Waals surface area (Å²) in [5.41, 5.74) is 2.15. The highest BCUT2D eigenvalue weighted by Crippen LogP contribution is 2.11. The van der Waals surface area contributed by atoms with Gasteiger partial charge in [-0.2, -0.15) is 0 Å². The zero-order valence-corrected chi connectivity index (χ0v) is 13.7. The SMILES string of the molecule is C=CCNc1nc(C)cc(C(=O)NCCc2cccc(Cl)c2)n1. The molecule has 0 atom stereocenters. The molecule has 0 aliphatic carbocycles. The molecular formula is C17H19ClN4O. The lowest BCUT2D eigenvalue weighted by molar-refractivity contribution is 0.0949. The molecule has 23 heavy (non-hydrogen) atoms. The van der Waals surface area contributed by atoms with Crippen molar-refractivity contribution < 1.29 is 4.79 Å². The molecule has 1 heterocycles. The molecule has 0 aliphatic heterocycles. The van der Waals surface area contributed by atoms with E-state index in [-0.39, 0.29) is 5.91 Å². The predicted octanol–water partition coefficient (Wildman–Crippen LogP) is 3.01. The molecule has 0 radical (unpaired) electrons. The van der Waals surface area contributed by atoms with Gasteiger partial charge in [-0.25, -0.2) is 9.97 Å². The summed E-state index contributed by atoms with van der Waals surface area (Å²) in [6, 6.07) is 9.24. The monoisotopic (exact) mass is 330 g/mol. The summed E-state index contributed by atoms with van der Waals surface area (Å²) >= 11 is 5.94. The van der Waals surface area contributed by atoms with Gasteiger partial charge in [-0.3, -0.25) is 4.79 Å². The second-order valence-corrected chi connectivity index (χ2v) is 5.46. The number of hydrogen-bond donors (Lipinski definition) is 2. The smallest absolute Gasteiger partial charge is 0.270 e. The Hall–Kier alpha value is -2.40. The van der Waals surface area contributed by atoms with E-state index in [0.717, 1.165) is 11.3 Å². The van der Waals surface area contributed by atoms with Gasteiger partial charge < -0.3 is 10.6 Å². The molecule has 0 unspecified atom stereocenters. The molecule has 120 valence electrons. The van der Waals surface area contributed by atoms with E-state index in [1.54, 1.807) is 12.1 Å². The van der Waals surface area contributed by atoms with Crippen molar-refractivity contribution in [2.24, 2.45) is 0 Å². The summed E-state index contributed by atoms with van der Waals surface area (Å²) in [5.74, 6) is 0.198. The Bertz CT molecular complexity index is 703. The van der Waals surface area contributed by atoms with Crippen molar-refractivity contribution in [1.29, 1.82) is 0 Å². The number of benzene rings is 1. The van der Waals surface area contributed by atoms with Gasteiger partial charge in [-0.15, -0.1) is 6.58 Å². The van der Waals surface area contributed by atoms with Crippen molar-refractivity contribution in [2.45, 2.75) is 13.3 Å². The lowest BCUT2D eigenvalue weighted by Crippen LogP contribution is -2.27. The molecule has 1 amide bonds. The van der Waals surface area contributed by atoms with Crippen molar-refractivity contribution in [1.82, 2.24) is 15.3 Å². The molecule has 0 saturated heterocycles. The Balaban J connectivity index is 1.94. The minimum absolute atomic E-state index is 0.223. The van der Waals surface area contributed by atoms with Crippen LogP contribution in [0.2, 0.25) is 5.02 Å². The highest BCUT2D eigenvalue weighted by atomic mass is 35.5. The number of anilines is 1. The lowest BCUT2D eigenvalue weighted by Gasteiger charge is -2.08. The van der Waals surface area contributed by atoms with E-state index in [9.17, 15) is 4.79 Å². The van der Waals surface area contributed by atoms with Gasteiger partial charge in [0.25, 0.3) is 5.91 Å². The molecule has 0 aliphatic rings. The minimum Gasteiger partial charge on any atom is -0.351 e. The van der Waals surface area contributed by atoms with Crippen molar-refractivity contribution in [2.75, 3.05) is 18.4 Å². The summed E-state index contributed by atoms with van der Waals surface area (Å²) in [7, 11) is 0. The number of amides is 1. The number of nitrogens with one attached hydrogen (secondary N) is 2. The van der Waals surface area contributed by atoms with E-state index in [1.165, 1.54) is 0 Å². The number of nitrogens with zero attached hydrogens (tertiary/aromatic N) is 2. The topological polar surface area (TPSA) is 66.9 Å². The van der Waals surface area contributed by atoms with Crippen LogP contribution in [0.3, 0.4) is 0 Å². The molecule has 2 N–H and O–H groups in total. The summed E-state index contributed by atoms with van der Waals surface area (Å²) in [6.45, 7) is 6.50. The van der Waals surface area contributed by atoms with Crippen LogP contribution in [0, 0.1) is 6.92 Å². The van der Waals surface area contributed by atoms with Gasteiger partial charge in [0.05, 0.1) is 0 Å². The highest BCUT2D eigenvalue weighted by molar-refractivity contribution is 6.30. The number of aryl methyl sites for hydroxylation is 1. The fourth-order valence-electron chi connectivity index (χ4n) is 2.03. The quantitative estimate of drug-likeness (QED) is 0.766. The first-order chi connectivity index (χ1) is 11.1. The van der Waals surface area contributed by atoms with E-state index in [0.29, 0.717) is 36.2 Å². The minimum atomic E-state index is -0.223. The Morgan fingerprint density at radius 1 is 1.35 bits per heavy atom. The average molecular weight is 331 g/mol. The van der Waals surface area contributed by atoms with Crippen molar-refractivity contribution in [3.8, 4) is 0 Å². The zero-order valence-electron chi connectivity index (χ0n) is 13.0. The van der Waals surface area contributed by atoms with Gasteiger partial charge in [0.1, 0.15) is 5.69 Å². The molecule has 0 bridgehead atoms. The van der Waals surface area contributed by atoms with E-state index in [1.807, 2.05) is 31.2 Å². The van der Waals surface area contributed by atoms with Crippen LogP contribution in [0.25, 0.3) is 0 Å². The second-order valence-electron chi connectivity index (χ2n) is 5.02. The molecule has 5 nitrogen and oxygen atoms in total. The molecule has 0 spiro atoms. The van der Waals surface area contributed by atoms with Crippen LogP contribution in [0.5, 0.6) is 0 Å². The number of carbonyl (C=O) groups excluding carboxylic acids is 1. The van der Waals surface area contributed by atoms with Crippen LogP contribution >= 0.6 is 11.6 Å². The summed E-state index contributed by atoms with van der Waals surface area (Å²) in [4.78, 5) is 20.6. The molecular weight excluding hydrogens is 312 g/mol. The van der Waals surface area contributed by atoms with Gasteiger partial charge in [0.2, 0.25) is 5.95 Å². The third-order valence-corrected chi connectivity index (χ3v) is 3.31. The maximum atomic E-state index is 12.2. The summed E-state index contributed by atoms with van der Waals surface area (Å²) < 4.78 is 0. The maximum Gasteiger partial charge on any atom is 0.270 e. The first-order valence-corrected chi connectivity index (χ1v) is 7.69. The van der Waals surface area contributed by atoms with Crippen molar-refractivity contribution in [3.05, 3.63) is 65.0 Å². The first kappa shape index (κ1) is 17.0. The number of rotatable bonds is 7. The fraction of sp³-hybridized carbons (Fsp3) is 0.235. The van der Waals surface area contributed by atoms with Crippen LogP contribution in [-0.4, -0.2) is 29.0 Å². The van der Waals surface area contributed by atoms with Crippen molar-refractivity contribution in [3.63, 3.8) is 0 Å². The van der Waals surface area contributed by atoms with Gasteiger partial charge in [-0.05, 0) is 37.1 Å². The van der Waals surface area contributed by atoms with Crippen LogP contribution < -0.4 is 10.6 Å². The third kappa shape index (κ3) is 5.38. The molecule has 2 rings (SSSR count). The van der Waals surface area contributed by atoms with Gasteiger partial charge in [-0.1, -0.05) is 29.8 Å².